The molecule has 1 unspecified atom stereocenters. The van der Waals surface area contributed by atoms with Crippen molar-refractivity contribution in [2.45, 2.75) is 71.9 Å². The van der Waals surface area contributed by atoms with Gasteiger partial charge >= 0.3 is 0 Å². The summed E-state index contributed by atoms with van der Waals surface area (Å²) in [6, 6.07) is 1.41. The summed E-state index contributed by atoms with van der Waals surface area (Å²) in [6.45, 7) is 11.7. The topological polar surface area (TPSA) is 15.3 Å². The molecule has 0 aliphatic heterocycles. The first-order chi connectivity index (χ1) is 7.63. The zero-order chi connectivity index (χ0) is 12.4. The predicted octanol–water partition coefficient (Wildman–Crippen LogP) is 3.28. The Labute approximate surface area is 103 Å². The van der Waals surface area contributed by atoms with Crippen molar-refractivity contribution in [3.63, 3.8) is 0 Å². The Morgan fingerprint density at radius 1 is 1.06 bits per heavy atom. The van der Waals surface area contributed by atoms with Crippen molar-refractivity contribution in [3.05, 3.63) is 0 Å². The molecule has 0 aliphatic carbocycles. The van der Waals surface area contributed by atoms with E-state index in [0.29, 0.717) is 6.04 Å². The van der Waals surface area contributed by atoms with Crippen molar-refractivity contribution < 1.29 is 0 Å². The third-order valence-corrected chi connectivity index (χ3v) is 3.30. The molecule has 2 nitrogen and oxygen atoms in total. The van der Waals surface area contributed by atoms with Crippen molar-refractivity contribution >= 4 is 0 Å². The summed E-state index contributed by atoms with van der Waals surface area (Å²) in [6.07, 6.45) is 6.64. The highest BCUT2D eigenvalue weighted by Crippen LogP contribution is 2.12. The fourth-order valence-corrected chi connectivity index (χ4v) is 2.27. The Morgan fingerprint density at radius 3 is 2.25 bits per heavy atom. The molecule has 0 rings (SSSR count). The van der Waals surface area contributed by atoms with Gasteiger partial charge in [0, 0.05) is 12.1 Å². The van der Waals surface area contributed by atoms with Gasteiger partial charge < -0.3 is 5.32 Å². The van der Waals surface area contributed by atoms with Crippen molar-refractivity contribution in [2.75, 3.05) is 20.1 Å². The van der Waals surface area contributed by atoms with Gasteiger partial charge in [-0.2, -0.15) is 0 Å². The van der Waals surface area contributed by atoms with E-state index in [-0.39, 0.29) is 0 Å². The minimum atomic E-state index is 0.682. The first kappa shape index (κ1) is 15.9. The van der Waals surface area contributed by atoms with Crippen LogP contribution in [-0.2, 0) is 0 Å². The van der Waals surface area contributed by atoms with Crippen LogP contribution in [0.2, 0.25) is 0 Å². The molecule has 0 aromatic rings. The van der Waals surface area contributed by atoms with Crippen molar-refractivity contribution in [3.8, 4) is 0 Å². The zero-order valence-electron chi connectivity index (χ0n) is 12.1. The first-order valence-electron chi connectivity index (χ1n) is 7.03. The van der Waals surface area contributed by atoms with Gasteiger partial charge in [0.15, 0.2) is 0 Å². The molecule has 0 aromatic carbocycles. The van der Waals surface area contributed by atoms with Crippen LogP contribution in [-0.4, -0.2) is 37.1 Å². The maximum absolute atomic E-state index is 3.23. The number of rotatable bonds is 10. The van der Waals surface area contributed by atoms with Gasteiger partial charge in [0.05, 0.1) is 0 Å². The molecule has 0 saturated carbocycles. The van der Waals surface area contributed by atoms with E-state index in [1.165, 1.54) is 38.6 Å². The Hall–Kier alpha value is -0.0800. The largest absolute Gasteiger partial charge is 0.320 e. The summed E-state index contributed by atoms with van der Waals surface area (Å²) in [7, 11) is 2.03. The summed E-state index contributed by atoms with van der Waals surface area (Å²) >= 11 is 0. The molecule has 0 amide bonds. The van der Waals surface area contributed by atoms with Gasteiger partial charge in [-0.3, -0.25) is 4.90 Å². The van der Waals surface area contributed by atoms with E-state index in [1.54, 1.807) is 0 Å². The number of unbranched alkanes of at least 4 members (excludes halogenated alkanes) is 2. The fraction of sp³-hybridized carbons (Fsp3) is 1.00. The molecule has 0 saturated heterocycles. The predicted molar refractivity (Wildman–Crippen MR) is 74.0 cm³/mol. The summed E-state index contributed by atoms with van der Waals surface area (Å²) in [4.78, 5) is 2.66. The average Bonchev–Trinajstić information content (AvgIpc) is 2.24. The van der Waals surface area contributed by atoms with Gasteiger partial charge in [0.25, 0.3) is 0 Å². The Bertz CT molecular complexity index is 146. The zero-order valence-corrected chi connectivity index (χ0v) is 12.1. The lowest BCUT2D eigenvalue weighted by Gasteiger charge is -2.33. The van der Waals surface area contributed by atoms with Crippen LogP contribution in [0.3, 0.4) is 0 Å². The number of hydrogen-bond acceptors (Lipinski definition) is 2. The highest BCUT2D eigenvalue weighted by molar-refractivity contribution is 4.71. The van der Waals surface area contributed by atoms with E-state index < -0.39 is 0 Å². The normalized spacial score (nSPS) is 13.7. The quantitative estimate of drug-likeness (QED) is 0.577. The Morgan fingerprint density at radius 2 is 1.75 bits per heavy atom. The number of hydrogen-bond donors (Lipinski definition) is 1. The molecule has 0 aromatic heterocycles. The van der Waals surface area contributed by atoms with Crippen molar-refractivity contribution in [2.24, 2.45) is 0 Å². The van der Waals surface area contributed by atoms with Gasteiger partial charge in [0.1, 0.15) is 0 Å². The molecular weight excluding hydrogens is 196 g/mol. The third-order valence-electron chi connectivity index (χ3n) is 3.30. The van der Waals surface area contributed by atoms with Crippen LogP contribution in [0.5, 0.6) is 0 Å². The number of nitrogens with one attached hydrogen (secondary N) is 1. The van der Waals surface area contributed by atoms with Crippen LogP contribution in [0.15, 0.2) is 0 Å². The SMILES string of the molecule is CCCCCN(C(C)C)C(C)CCCNC. The summed E-state index contributed by atoms with van der Waals surface area (Å²) in [5.74, 6) is 0. The van der Waals surface area contributed by atoms with E-state index in [4.69, 9.17) is 0 Å². The van der Waals surface area contributed by atoms with Crippen LogP contribution in [0, 0.1) is 0 Å². The summed E-state index contributed by atoms with van der Waals surface area (Å²) in [5.41, 5.74) is 0. The first-order valence-corrected chi connectivity index (χ1v) is 7.03. The molecule has 0 fully saturated rings. The molecule has 0 aliphatic rings. The van der Waals surface area contributed by atoms with Crippen LogP contribution >= 0.6 is 0 Å². The van der Waals surface area contributed by atoms with E-state index in [0.717, 1.165) is 12.6 Å². The minimum Gasteiger partial charge on any atom is -0.320 e. The average molecular weight is 228 g/mol. The van der Waals surface area contributed by atoms with Crippen LogP contribution in [0.4, 0.5) is 0 Å². The van der Waals surface area contributed by atoms with E-state index >= 15 is 0 Å². The highest BCUT2D eigenvalue weighted by Gasteiger charge is 2.15. The van der Waals surface area contributed by atoms with Crippen molar-refractivity contribution in [1.82, 2.24) is 10.2 Å². The molecule has 1 atom stereocenters. The molecule has 16 heavy (non-hydrogen) atoms. The lowest BCUT2D eigenvalue weighted by molar-refractivity contribution is 0.151. The third kappa shape index (κ3) is 7.24. The molecule has 0 heterocycles. The summed E-state index contributed by atoms with van der Waals surface area (Å²) in [5, 5.41) is 3.23. The van der Waals surface area contributed by atoms with Gasteiger partial charge in [-0.15, -0.1) is 0 Å². The molecule has 1 N–H and O–H groups in total. The molecular formula is C14H32N2. The monoisotopic (exact) mass is 228 g/mol. The molecule has 0 radical (unpaired) electrons. The van der Waals surface area contributed by atoms with Gasteiger partial charge in [-0.25, -0.2) is 0 Å². The second-order valence-corrected chi connectivity index (χ2v) is 5.13. The second kappa shape index (κ2) is 10.1. The fourth-order valence-electron chi connectivity index (χ4n) is 2.27. The maximum Gasteiger partial charge on any atom is 0.00701 e. The van der Waals surface area contributed by atoms with Crippen LogP contribution in [0.1, 0.15) is 59.8 Å². The van der Waals surface area contributed by atoms with E-state index in [9.17, 15) is 0 Å². The standard InChI is InChI=1S/C14H32N2/c1-6-7-8-12-16(13(2)3)14(4)10-9-11-15-5/h13-15H,6-12H2,1-5H3. The minimum absolute atomic E-state index is 0.682. The highest BCUT2D eigenvalue weighted by atomic mass is 15.2. The van der Waals surface area contributed by atoms with E-state index in [2.05, 4.69) is 37.9 Å². The summed E-state index contributed by atoms with van der Waals surface area (Å²) < 4.78 is 0. The molecule has 2 heteroatoms. The molecule has 0 spiro atoms. The van der Waals surface area contributed by atoms with Crippen LogP contribution < -0.4 is 5.32 Å². The second-order valence-electron chi connectivity index (χ2n) is 5.13. The smallest absolute Gasteiger partial charge is 0.00701 e. The van der Waals surface area contributed by atoms with Crippen molar-refractivity contribution in [1.29, 1.82) is 0 Å². The van der Waals surface area contributed by atoms with Gasteiger partial charge in [0.2, 0.25) is 0 Å². The van der Waals surface area contributed by atoms with Gasteiger partial charge in [-0.05, 0) is 60.2 Å². The van der Waals surface area contributed by atoms with Crippen LogP contribution in [0.25, 0.3) is 0 Å². The van der Waals surface area contributed by atoms with E-state index in [1.807, 2.05) is 7.05 Å². The molecule has 0 bridgehead atoms. The number of nitrogens with zero attached hydrogens (tertiary/aromatic N) is 1. The van der Waals surface area contributed by atoms with Gasteiger partial charge in [-0.1, -0.05) is 19.8 Å². The lowest BCUT2D eigenvalue weighted by Crippen LogP contribution is -2.39. The maximum atomic E-state index is 3.23. The Kier molecular flexibility index (Phi) is 10.0. The molecule has 98 valence electrons. The Balaban J connectivity index is 3.88. The lowest BCUT2D eigenvalue weighted by atomic mass is 10.1.